The predicted molar refractivity (Wildman–Crippen MR) is 148 cm³/mol. The van der Waals surface area contributed by atoms with E-state index in [0.29, 0.717) is 16.3 Å². The Labute approximate surface area is 227 Å². The maximum atomic E-state index is 12.8. The van der Waals surface area contributed by atoms with Crippen molar-refractivity contribution >= 4 is 29.4 Å². The van der Waals surface area contributed by atoms with Crippen LogP contribution in [0.5, 0.6) is 5.75 Å². The average Bonchev–Trinajstić information content (AvgIpc) is 3.56. The molecule has 1 unspecified atom stereocenters. The molecule has 3 aromatic rings. The van der Waals surface area contributed by atoms with Gasteiger partial charge in [-0.25, -0.2) is 9.59 Å². The number of methoxy groups -OCH3 is 1. The van der Waals surface area contributed by atoms with E-state index in [2.05, 4.69) is 22.3 Å². The highest BCUT2D eigenvalue weighted by Crippen LogP contribution is 2.44. The van der Waals surface area contributed by atoms with Crippen LogP contribution in [0.25, 0.3) is 11.1 Å². The number of hydrogen-bond acceptors (Lipinski definition) is 5. The second-order valence-corrected chi connectivity index (χ2v) is 10.2. The SMILES string of the molecule is COc1c(N2CCCC2)cc(Cl)c(CC(NC(=O)OCC2c3ccccc3-c3ccccc32)C(=O)O)c1C. The maximum Gasteiger partial charge on any atom is 0.407 e. The van der Waals surface area contributed by atoms with E-state index in [-0.39, 0.29) is 18.9 Å². The molecular formula is C30H31ClN2O5. The summed E-state index contributed by atoms with van der Waals surface area (Å²) in [5.41, 5.74) is 6.72. The first-order chi connectivity index (χ1) is 18.4. The fourth-order valence-corrected chi connectivity index (χ4v) is 5.99. The second kappa shape index (κ2) is 11.0. The summed E-state index contributed by atoms with van der Waals surface area (Å²) in [5, 5.41) is 12.9. The number of hydrogen-bond donors (Lipinski definition) is 2. The van der Waals surface area contributed by atoms with Gasteiger partial charge in [-0.2, -0.15) is 0 Å². The number of alkyl carbamates (subject to hydrolysis) is 1. The van der Waals surface area contributed by atoms with Crippen LogP contribution in [-0.4, -0.2) is 50.0 Å². The van der Waals surface area contributed by atoms with Crippen LogP contribution in [0, 0.1) is 6.92 Å². The summed E-state index contributed by atoms with van der Waals surface area (Å²) in [5.74, 6) is -0.608. The van der Waals surface area contributed by atoms with Crippen LogP contribution in [0.3, 0.4) is 0 Å². The van der Waals surface area contributed by atoms with Crippen molar-refractivity contribution in [3.8, 4) is 16.9 Å². The molecule has 7 nitrogen and oxygen atoms in total. The number of amides is 1. The minimum atomic E-state index is -1.22. The number of rotatable bonds is 8. The summed E-state index contributed by atoms with van der Waals surface area (Å²) in [6.45, 7) is 3.81. The molecule has 0 radical (unpaired) electrons. The van der Waals surface area contributed by atoms with Crippen molar-refractivity contribution in [2.45, 2.75) is 38.1 Å². The normalized spacial score (nSPS) is 15.1. The van der Waals surface area contributed by atoms with Crippen LogP contribution in [0.4, 0.5) is 10.5 Å². The molecule has 198 valence electrons. The van der Waals surface area contributed by atoms with Crippen molar-refractivity contribution in [3.05, 3.63) is 81.9 Å². The zero-order chi connectivity index (χ0) is 26.8. The molecule has 1 aliphatic carbocycles. The number of benzene rings is 3. The number of carbonyl (C=O) groups is 2. The van der Waals surface area contributed by atoms with Gasteiger partial charge in [0.25, 0.3) is 0 Å². The number of ether oxygens (including phenoxy) is 2. The molecule has 3 aromatic carbocycles. The Morgan fingerprint density at radius 2 is 1.68 bits per heavy atom. The molecule has 1 fully saturated rings. The molecule has 1 atom stereocenters. The van der Waals surface area contributed by atoms with Crippen LogP contribution < -0.4 is 15.0 Å². The highest BCUT2D eigenvalue weighted by molar-refractivity contribution is 6.32. The number of carboxylic acids is 1. The van der Waals surface area contributed by atoms with Gasteiger partial charge in [0, 0.05) is 30.5 Å². The Kier molecular flexibility index (Phi) is 7.47. The molecule has 0 aromatic heterocycles. The summed E-state index contributed by atoms with van der Waals surface area (Å²) >= 11 is 6.65. The molecule has 2 aliphatic rings. The number of fused-ring (bicyclic) bond motifs is 3. The van der Waals surface area contributed by atoms with Crippen LogP contribution in [-0.2, 0) is 16.0 Å². The van der Waals surface area contributed by atoms with Gasteiger partial charge in [-0.3, -0.25) is 0 Å². The number of anilines is 1. The molecule has 1 amide bonds. The number of carboxylic acid groups (broad SMARTS) is 1. The number of nitrogens with one attached hydrogen (secondary N) is 1. The van der Waals surface area contributed by atoms with E-state index in [1.807, 2.05) is 49.4 Å². The number of nitrogens with zero attached hydrogens (tertiary/aromatic N) is 1. The van der Waals surface area contributed by atoms with E-state index in [4.69, 9.17) is 21.1 Å². The highest BCUT2D eigenvalue weighted by Gasteiger charge is 2.31. The molecule has 38 heavy (non-hydrogen) atoms. The quantitative estimate of drug-likeness (QED) is 0.380. The fourth-order valence-electron chi connectivity index (χ4n) is 5.67. The summed E-state index contributed by atoms with van der Waals surface area (Å²) in [6.07, 6.45) is 1.42. The van der Waals surface area contributed by atoms with Gasteiger partial charge in [0.15, 0.2) is 0 Å². The standard InChI is InChI=1S/C30H31ClN2O5/c1-18-23(25(31)16-27(28(18)37-2)33-13-7-8-14-33)15-26(29(34)35)32-30(36)38-17-24-21-11-5-3-9-19(21)20-10-4-6-12-22(20)24/h3-6,9-12,16,24,26H,7-8,13-15,17H2,1-2H3,(H,32,36)(H,34,35). The van der Waals surface area contributed by atoms with Crippen LogP contribution in [0.15, 0.2) is 54.6 Å². The largest absolute Gasteiger partial charge is 0.494 e. The van der Waals surface area contributed by atoms with Crippen LogP contribution in [0.1, 0.15) is 41.0 Å². The zero-order valence-electron chi connectivity index (χ0n) is 21.5. The van der Waals surface area contributed by atoms with E-state index in [9.17, 15) is 14.7 Å². The van der Waals surface area contributed by atoms with Gasteiger partial charge in [-0.15, -0.1) is 0 Å². The van der Waals surface area contributed by atoms with E-state index >= 15 is 0 Å². The van der Waals surface area contributed by atoms with E-state index < -0.39 is 18.1 Å². The first-order valence-electron chi connectivity index (χ1n) is 12.8. The van der Waals surface area contributed by atoms with Crippen LogP contribution >= 0.6 is 11.6 Å². The number of halogens is 1. The lowest BCUT2D eigenvalue weighted by Gasteiger charge is -2.25. The highest BCUT2D eigenvalue weighted by atomic mass is 35.5. The molecular weight excluding hydrogens is 504 g/mol. The number of aliphatic carboxylic acids is 1. The zero-order valence-corrected chi connectivity index (χ0v) is 22.3. The van der Waals surface area contributed by atoms with Gasteiger partial charge in [0.05, 0.1) is 12.8 Å². The van der Waals surface area contributed by atoms with Crippen molar-refractivity contribution < 1.29 is 24.2 Å². The molecule has 1 saturated heterocycles. The molecule has 0 saturated carbocycles. The van der Waals surface area contributed by atoms with Gasteiger partial charge in [-0.05, 0) is 59.2 Å². The monoisotopic (exact) mass is 534 g/mol. The fraction of sp³-hybridized carbons (Fsp3) is 0.333. The summed E-state index contributed by atoms with van der Waals surface area (Å²) in [4.78, 5) is 27.1. The van der Waals surface area contributed by atoms with Crippen molar-refractivity contribution in [2.75, 3.05) is 31.7 Å². The smallest absolute Gasteiger partial charge is 0.407 e. The van der Waals surface area contributed by atoms with E-state index in [0.717, 1.165) is 59.4 Å². The summed E-state index contributed by atoms with van der Waals surface area (Å²) in [6, 6.07) is 16.7. The number of carbonyl (C=O) groups excluding carboxylic acids is 1. The summed E-state index contributed by atoms with van der Waals surface area (Å²) < 4.78 is 11.3. The Balaban J connectivity index is 1.30. The van der Waals surface area contributed by atoms with E-state index in [1.165, 1.54) is 0 Å². The third-order valence-electron chi connectivity index (χ3n) is 7.57. The first kappa shape index (κ1) is 25.9. The second-order valence-electron chi connectivity index (χ2n) is 9.77. The maximum absolute atomic E-state index is 12.8. The Bertz CT molecular complexity index is 1320. The van der Waals surface area contributed by atoms with Gasteiger partial charge in [0.1, 0.15) is 18.4 Å². The molecule has 0 bridgehead atoms. The topological polar surface area (TPSA) is 88.1 Å². The lowest BCUT2D eigenvalue weighted by atomic mass is 9.98. The van der Waals surface area contributed by atoms with Crippen LogP contribution in [0.2, 0.25) is 5.02 Å². The molecule has 1 aliphatic heterocycles. The first-order valence-corrected chi connectivity index (χ1v) is 13.2. The van der Waals surface area contributed by atoms with Gasteiger partial charge >= 0.3 is 12.1 Å². The minimum Gasteiger partial charge on any atom is -0.494 e. The Hall–Kier alpha value is -3.71. The van der Waals surface area contributed by atoms with Crippen molar-refractivity contribution in [1.82, 2.24) is 5.32 Å². The third kappa shape index (κ3) is 4.90. The van der Waals surface area contributed by atoms with Gasteiger partial charge in [-0.1, -0.05) is 60.1 Å². The molecule has 0 spiro atoms. The Morgan fingerprint density at radius 1 is 1.08 bits per heavy atom. The third-order valence-corrected chi connectivity index (χ3v) is 7.91. The van der Waals surface area contributed by atoms with E-state index in [1.54, 1.807) is 7.11 Å². The van der Waals surface area contributed by atoms with Gasteiger partial charge in [0.2, 0.25) is 0 Å². The minimum absolute atomic E-state index is 0.000829. The Morgan fingerprint density at radius 3 is 2.26 bits per heavy atom. The summed E-state index contributed by atoms with van der Waals surface area (Å²) in [7, 11) is 1.60. The van der Waals surface area contributed by atoms with Gasteiger partial charge < -0.3 is 24.8 Å². The molecule has 2 N–H and O–H groups in total. The van der Waals surface area contributed by atoms with Crippen molar-refractivity contribution in [2.24, 2.45) is 0 Å². The van der Waals surface area contributed by atoms with Crippen molar-refractivity contribution in [3.63, 3.8) is 0 Å². The van der Waals surface area contributed by atoms with Crippen molar-refractivity contribution in [1.29, 1.82) is 0 Å². The molecule has 5 rings (SSSR count). The lowest BCUT2D eigenvalue weighted by Crippen LogP contribution is -2.43. The lowest BCUT2D eigenvalue weighted by molar-refractivity contribution is -0.139. The average molecular weight is 535 g/mol. The molecule has 8 heteroatoms. The molecule has 1 heterocycles. The predicted octanol–water partition coefficient (Wildman–Crippen LogP) is 5.79.